The molecule has 0 fully saturated rings. The molecule has 0 aliphatic rings. The van der Waals surface area contributed by atoms with E-state index in [0.29, 0.717) is 28.1 Å². The Morgan fingerprint density at radius 1 is 0.255 bits per heavy atom. The second kappa shape index (κ2) is 16.0. The van der Waals surface area contributed by atoms with Crippen molar-refractivity contribution in [2.75, 3.05) is 0 Å². The summed E-state index contributed by atoms with van der Waals surface area (Å²) in [7, 11) is 0. The Kier molecular flexibility index (Phi) is 10.6. The first-order valence-corrected chi connectivity index (χ1v) is 16.8. The van der Waals surface area contributed by atoms with E-state index in [1.165, 1.54) is 27.8 Å². The molecule has 6 aromatic rings. The van der Waals surface area contributed by atoms with Crippen molar-refractivity contribution in [1.29, 1.82) is 0 Å². The number of pyridine rings is 1. The minimum absolute atomic E-state index is 0.498. The molecule has 0 aliphatic heterocycles. The first kappa shape index (κ1) is 33.9. The Hall–Kier alpha value is -6.95. The molecule has 0 amide bonds. The molecule has 51 heavy (non-hydrogen) atoms. The number of hydrogen-bond donors (Lipinski definition) is 0. The Morgan fingerprint density at radius 3 is 0.725 bits per heavy atom. The lowest BCUT2D eigenvalue weighted by atomic mass is 9.97. The molecule has 1 heteroatoms. The third kappa shape index (κ3) is 9.36. The summed E-state index contributed by atoms with van der Waals surface area (Å²) in [5.74, 6) is 33.8. The van der Waals surface area contributed by atoms with Crippen LogP contribution >= 0.6 is 0 Å². The highest BCUT2D eigenvalue weighted by Crippen LogP contribution is 2.21. The van der Waals surface area contributed by atoms with Crippen LogP contribution in [0.25, 0.3) is 0 Å². The average molecular weight is 650 g/mol. The fourth-order valence-electron chi connectivity index (χ4n) is 4.99. The molecule has 6 rings (SSSR count). The van der Waals surface area contributed by atoms with Gasteiger partial charge in [-0.3, -0.25) is 0 Å². The lowest BCUT2D eigenvalue weighted by Gasteiger charge is -2.08. The minimum atomic E-state index is 0.498. The Labute approximate surface area is 302 Å². The van der Waals surface area contributed by atoms with Crippen LogP contribution in [-0.4, -0.2) is 4.98 Å². The van der Waals surface area contributed by atoms with Gasteiger partial charge >= 0.3 is 0 Å². The van der Waals surface area contributed by atoms with Crippen LogP contribution in [0.4, 0.5) is 0 Å². The molecule has 1 heterocycles. The molecule has 240 valence electrons. The van der Waals surface area contributed by atoms with Crippen molar-refractivity contribution in [3.05, 3.63) is 205 Å². The summed E-state index contributed by atoms with van der Waals surface area (Å²) in [5.41, 5.74) is 13.1. The van der Waals surface area contributed by atoms with Crippen LogP contribution < -0.4 is 0 Å². The van der Waals surface area contributed by atoms with E-state index in [2.05, 4.69) is 154 Å². The molecule has 0 spiro atoms. The van der Waals surface area contributed by atoms with Crippen LogP contribution in [-0.2, 0) is 0 Å². The van der Waals surface area contributed by atoms with Crippen LogP contribution in [0.1, 0.15) is 83.7 Å². The molecule has 1 nitrogen and oxygen atoms in total. The van der Waals surface area contributed by atoms with Crippen molar-refractivity contribution in [3.8, 4) is 59.2 Å². The van der Waals surface area contributed by atoms with E-state index in [1.807, 2.05) is 60.7 Å². The van der Waals surface area contributed by atoms with Gasteiger partial charge in [0.2, 0.25) is 0 Å². The quantitative estimate of drug-likeness (QED) is 0.149. The van der Waals surface area contributed by atoms with Crippen molar-refractivity contribution in [1.82, 2.24) is 4.98 Å². The first-order chi connectivity index (χ1) is 24.8. The molecular weight excluding hydrogens is 615 g/mol. The van der Waals surface area contributed by atoms with Crippen molar-refractivity contribution < 1.29 is 0 Å². The molecule has 1 aromatic heterocycles. The molecule has 0 unspecified atom stereocenters. The van der Waals surface area contributed by atoms with E-state index < -0.39 is 0 Å². The van der Waals surface area contributed by atoms with Crippen molar-refractivity contribution in [2.45, 2.75) is 34.6 Å². The zero-order chi connectivity index (χ0) is 35.6. The minimum Gasteiger partial charge on any atom is -0.228 e. The molecule has 0 saturated heterocycles. The molecular formula is C50H35N. The van der Waals surface area contributed by atoms with E-state index in [0.717, 1.165) is 27.8 Å². The van der Waals surface area contributed by atoms with Gasteiger partial charge in [-0.05, 0) is 107 Å². The van der Waals surface area contributed by atoms with Crippen LogP contribution in [0, 0.1) is 93.8 Å². The predicted molar refractivity (Wildman–Crippen MR) is 210 cm³/mol. The first-order valence-electron chi connectivity index (χ1n) is 16.8. The summed E-state index contributed by atoms with van der Waals surface area (Å²) in [6.07, 6.45) is 0. The fraction of sp³-hybridized carbons (Fsp3) is 0.100. The maximum atomic E-state index is 5.10. The second-order valence-corrected chi connectivity index (χ2v) is 12.5. The van der Waals surface area contributed by atoms with Gasteiger partial charge in [0.1, 0.15) is 11.4 Å². The molecule has 0 aliphatic carbocycles. The topological polar surface area (TPSA) is 12.9 Å². The smallest absolute Gasteiger partial charge is 0.132 e. The van der Waals surface area contributed by atoms with Gasteiger partial charge in [0.05, 0.1) is 16.7 Å². The molecule has 0 N–H and O–H groups in total. The SMILES string of the molecule is Cc1ccc(C#Cc2nc(C#Cc3ccc(C)cc3)c(C#Cc3ccc(C)cc3)c(C#Cc3ccc(C)cc3)c2C#Cc2ccc(C)cc2)cc1. The number of aromatic nitrogens is 1. The zero-order valence-electron chi connectivity index (χ0n) is 29.5. The highest BCUT2D eigenvalue weighted by Gasteiger charge is 2.16. The summed E-state index contributed by atoms with van der Waals surface area (Å²) in [6, 6.07) is 40.7. The van der Waals surface area contributed by atoms with Gasteiger partial charge < -0.3 is 0 Å². The van der Waals surface area contributed by atoms with Gasteiger partial charge in [-0.15, -0.1) is 0 Å². The molecule has 5 aromatic carbocycles. The lowest BCUT2D eigenvalue weighted by molar-refractivity contribution is 1.21. The second-order valence-electron chi connectivity index (χ2n) is 12.5. The monoisotopic (exact) mass is 649 g/mol. The number of aryl methyl sites for hydroxylation is 5. The van der Waals surface area contributed by atoms with E-state index in [4.69, 9.17) is 4.98 Å². The van der Waals surface area contributed by atoms with Gasteiger partial charge in [0, 0.05) is 27.8 Å². The maximum absolute atomic E-state index is 5.10. The van der Waals surface area contributed by atoms with Gasteiger partial charge in [-0.25, -0.2) is 4.98 Å². The van der Waals surface area contributed by atoms with Gasteiger partial charge in [-0.2, -0.15) is 0 Å². The van der Waals surface area contributed by atoms with Crippen LogP contribution in [0.15, 0.2) is 121 Å². The largest absolute Gasteiger partial charge is 0.228 e. The Bertz CT molecular complexity index is 2380. The number of benzene rings is 5. The summed E-state index contributed by atoms with van der Waals surface area (Å²) < 4.78 is 0. The third-order valence-electron chi connectivity index (χ3n) is 8.10. The van der Waals surface area contributed by atoms with Crippen LogP contribution in [0.3, 0.4) is 0 Å². The number of rotatable bonds is 0. The van der Waals surface area contributed by atoms with E-state index in [1.54, 1.807) is 0 Å². The molecule has 0 bridgehead atoms. The third-order valence-corrected chi connectivity index (χ3v) is 8.10. The highest BCUT2D eigenvalue weighted by molar-refractivity contribution is 5.69. The lowest BCUT2D eigenvalue weighted by Crippen LogP contribution is -2.04. The fourth-order valence-corrected chi connectivity index (χ4v) is 4.99. The standard InChI is InChI=1S/C50H35N/c1-36-6-16-41(17-7-36)26-31-46-47(32-27-42-18-8-37(2)9-19-42)49(34-29-44-22-12-39(4)13-23-44)51-50(35-30-45-24-14-40(5)15-25-45)48(46)33-28-43-20-10-38(3)11-21-43/h6-25H,1-5H3. The van der Waals surface area contributed by atoms with Crippen molar-refractivity contribution in [3.63, 3.8) is 0 Å². The summed E-state index contributed by atoms with van der Waals surface area (Å²) in [5, 5.41) is 0. The molecule has 0 atom stereocenters. The normalized spacial score (nSPS) is 9.67. The Balaban J connectivity index is 1.67. The molecule has 0 radical (unpaired) electrons. The van der Waals surface area contributed by atoms with E-state index in [9.17, 15) is 0 Å². The van der Waals surface area contributed by atoms with Crippen LogP contribution in [0.2, 0.25) is 0 Å². The van der Waals surface area contributed by atoms with Gasteiger partial charge in [0.25, 0.3) is 0 Å². The van der Waals surface area contributed by atoms with E-state index in [-0.39, 0.29) is 0 Å². The average Bonchev–Trinajstić information content (AvgIpc) is 3.14. The number of nitrogens with zero attached hydrogens (tertiary/aromatic N) is 1. The predicted octanol–water partition coefficient (Wildman–Crippen LogP) is 9.62. The summed E-state index contributed by atoms with van der Waals surface area (Å²) >= 11 is 0. The van der Waals surface area contributed by atoms with Crippen molar-refractivity contribution in [2.24, 2.45) is 0 Å². The summed E-state index contributed by atoms with van der Waals surface area (Å²) in [4.78, 5) is 5.10. The van der Waals surface area contributed by atoms with Gasteiger partial charge in [0.15, 0.2) is 0 Å². The van der Waals surface area contributed by atoms with Crippen molar-refractivity contribution >= 4 is 0 Å². The molecule has 0 saturated carbocycles. The van der Waals surface area contributed by atoms with Gasteiger partial charge in [-0.1, -0.05) is 136 Å². The summed E-state index contributed by atoms with van der Waals surface area (Å²) in [6.45, 7) is 10.3. The number of hydrogen-bond acceptors (Lipinski definition) is 1. The highest BCUT2D eigenvalue weighted by atomic mass is 14.7. The van der Waals surface area contributed by atoms with Crippen LogP contribution in [0.5, 0.6) is 0 Å². The van der Waals surface area contributed by atoms with E-state index >= 15 is 0 Å². The Morgan fingerprint density at radius 2 is 0.471 bits per heavy atom. The maximum Gasteiger partial charge on any atom is 0.132 e. The zero-order valence-corrected chi connectivity index (χ0v) is 29.5.